The Morgan fingerprint density at radius 2 is 2.00 bits per heavy atom. The second-order valence-electron chi connectivity index (χ2n) is 2.08. The van der Waals surface area contributed by atoms with Crippen LogP contribution in [0.4, 0.5) is 13.2 Å². The minimum Gasteiger partial charge on any atom is -0.467 e. The summed E-state index contributed by atoms with van der Waals surface area (Å²) < 4.78 is 39.7. The third kappa shape index (κ3) is 4.07. The molecule has 1 aromatic rings. The summed E-state index contributed by atoms with van der Waals surface area (Å²) in [6.07, 6.45) is -1.99. The Morgan fingerprint density at radius 1 is 1.31 bits per heavy atom. The molecule has 1 rings (SSSR count). The molecule has 0 radical (unpaired) electrons. The maximum absolute atomic E-state index is 11.6. The average molecular weight is 257 g/mol. The van der Waals surface area contributed by atoms with Crippen molar-refractivity contribution in [2.45, 2.75) is 6.18 Å². The van der Waals surface area contributed by atoms with Gasteiger partial charge in [-0.2, -0.15) is 13.2 Å². The highest BCUT2D eigenvalue weighted by molar-refractivity contribution is 9.10. The second kappa shape index (κ2) is 3.91. The molecule has 0 fully saturated rings. The van der Waals surface area contributed by atoms with Crippen molar-refractivity contribution in [3.63, 3.8) is 0 Å². The van der Waals surface area contributed by atoms with E-state index in [0.717, 1.165) is 6.20 Å². The molecule has 0 aliphatic rings. The fourth-order valence-electron chi connectivity index (χ4n) is 0.531. The fourth-order valence-corrected chi connectivity index (χ4v) is 0.735. The van der Waals surface area contributed by atoms with Crippen molar-refractivity contribution in [3.05, 3.63) is 17.0 Å². The Labute approximate surface area is 80.1 Å². The summed E-state index contributed by atoms with van der Waals surface area (Å²) in [7, 11) is 0. The molecule has 7 heteroatoms. The number of nitrogens with zero attached hydrogens (tertiary/aromatic N) is 2. The first-order chi connectivity index (χ1) is 5.97. The van der Waals surface area contributed by atoms with Gasteiger partial charge in [0, 0.05) is 0 Å². The van der Waals surface area contributed by atoms with Crippen LogP contribution in [0.25, 0.3) is 0 Å². The number of ether oxygens (including phenoxy) is 1. The molecule has 0 amide bonds. The first-order valence-corrected chi connectivity index (χ1v) is 3.94. The molecule has 72 valence electrons. The van der Waals surface area contributed by atoms with Crippen molar-refractivity contribution in [1.29, 1.82) is 0 Å². The van der Waals surface area contributed by atoms with E-state index in [1.54, 1.807) is 0 Å². The highest BCUT2D eigenvalue weighted by atomic mass is 79.9. The number of hydrogen-bond acceptors (Lipinski definition) is 3. The maximum atomic E-state index is 11.6. The Balaban J connectivity index is 2.51. The molecule has 3 nitrogen and oxygen atoms in total. The molecule has 0 spiro atoms. The van der Waals surface area contributed by atoms with Crippen molar-refractivity contribution in [1.82, 2.24) is 9.97 Å². The van der Waals surface area contributed by atoms with Crippen molar-refractivity contribution in [3.8, 4) is 5.88 Å². The molecule has 1 aromatic heterocycles. The SMILES string of the molecule is FC(F)(F)COc1cnc(Br)cn1. The van der Waals surface area contributed by atoms with Gasteiger partial charge in [-0.3, -0.25) is 0 Å². The molecule has 0 saturated carbocycles. The molecule has 1 heterocycles. The van der Waals surface area contributed by atoms with Crippen molar-refractivity contribution < 1.29 is 17.9 Å². The van der Waals surface area contributed by atoms with Gasteiger partial charge >= 0.3 is 6.18 Å². The van der Waals surface area contributed by atoms with Gasteiger partial charge in [-0.15, -0.1) is 0 Å². The van der Waals surface area contributed by atoms with Gasteiger partial charge < -0.3 is 4.74 Å². The number of alkyl halides is 3. The molecule has 0 aliphatic heterocycles. The highest BCUT2D eigenvalue weighted by Crippen LogP contribution is 2.16. The van der Waals surface area contributed by atoms with Crippen LogP contribution in [0, 0.1) is 0 Å². The topological polar surface area (TPSA) is 35.0 Å². The minimum atomic E-state index is -4.35. The minimum absolute atomic E-state index is 0.152. The van der Waals surface area contributed by atoms with Crippen LogP contribution >= 0.6 is 15.9 Å². The number of rotatable bonds is 2. The lowest BCUT2D eigenvalue weighted by molar-refractivity contribution is -0.154. The fraction of sp³-hybridized carbons (Fsp3) is 0.333. The normalized spacial score (nSPS) is 11.4. The van der Waals surface area contributed by atoms with Gasteiger partial charge in [0.2, 0.25) is 5.88 Å². The molecule has 0 N–H and O–H groups in total. The van der Waals surface area contributed by atoms with Crippen LogP contribution in [0.1, 0.15) is 0 Å². The van der Waals surface area contributed by atoms with E-state index < -0.39 is 12.8 Å². The predicted octanol–water partition coefficient (Wildman–Crippen LogP) is 2.18. The van der Waals surface area contributed by atoms with E-state index in [2.05, 4.69) is 30.6 Å². The summed E-state index contributed by atoms with van der Waals surface area (Å²) in [6.45, 7) is -1.36. The van der Waals surface area contributed by atoms with Crippen LogP contribution in [0.15, 0.2) is 17.0 Å². The van der Waals surface area contributed by atoms with E-state index in [1.165, 1.54) is 6.20 Å². The summed E-state index contributed by atoms with van der Waals surface area (Å²) in [5.74, 6) is -0.152. The lowest BCUT2D eigenvalue weighted by Gasteiger charge is -2.07. The van der Waals surface area contributed by atoms with E-state index in [-0.39, 0.29) is 5.88 Å². The molecule has 0 atom stereocenters. The Bertz CT molecular complexity index is 274. The molecule has 0 aliphatic carbocycles. The number of aromatic nitrogens is 2. The van der Waals surface area contributed by atoms with Crippen LogP contribution in [0.3, 0.4) is 0 Å². The zero-order valence-corrected chi connectivity index (χ0v) is 7.76. The lowest BCUT2D eigenvalue weighted by Crippen LogP contribution is -2.19. The molecule has 13 heavy (non-hydrogen) atoms. The third-order valence-electron chi connectivity index (χ3n) is 0.980. The summed E-state index contributed by atoms with van der Waals surface area (Å²) in [5.41, 5.74) is 0. The standard InChI is InChI=1S/C6H4BrF3N2O/c7-4-1-12-5(2-11-4)13-3-6(8,9)10/h1-2H,3H2. The molecular weight excluding hydrogens is 253 g/mol. The van der Waals surface area contributed by atoms with Gasteiger partial charge in [0.05, 0.1) is 12.4 Å². The summed E-state index contributed by atoms with van der Waals surface area (Å²) in [4.78, 5) is 7.19. The van der Waals surface area contributed by atoms with E-state index in [9.17, 15) is 13.2 Å². The van der Waals surface area contributed by atoms with Gasteiger partial charge in [-0.05, 0) is 15.9 Å². The van der Waals surface area contributed by atoms with E-state index in [4.69, 9.17) is 0 Å². The van der Waals surface area contributed by atoms with E-state index in [0.29, 0.717) is 4.60 Å². The monoisotopic (exact) mass is 256 g/mol. The lowest BCUT2D eigenvalue weighted by atomic mass is 10.7. The molecule has 0 unspecified atom stereocenters. The number of hydrogen-bond donors (Lipinski definition) is 0. The van der Waals surface area contributed by atoms with Crippen LogP contribution in [-0.2, 0) is 0 Å². The van der Waals surface area contributed by atoms with Gasteiger partial charge in [-0.1, -0.05) is 0 Å². The second-order valence-corrected chi connectivity index (χ2v) is 2.89. The first-order valence-electron chi connectivity index (χ1n) is 3.14. The molecule has 0 saturated heterocycles. The Kier molecular flexibility index (Phi) is 3.07. The van der Waals surface area contributed by atoms with E-state index >= 15 is 0 Å². The Hall–Kier alpha value is -0.850. The van der Waals surface area contributed by atoms with Crippen molar-refractivity contribution in [2.24, 2.45) is 0 Å². The van der Waals surface area contributed by atoms with E-state index in [1.807, 2.05) is 0 Å². The van der Waals surface area contributed by atoms with Crippen molar-refractivity contribution in [2.75, 3.05) is 6.61 Å². The quantitative estimate of drug-likeness (QED) is 0.814. The van der Waals surface area contributed by atoms with Crippen LogP contribution < -0.4 is 4.74 Å². The zero-order chi connectivity index (χ0) is 9.90. The van der Waals surface area contributed by atoms with Crippen LogP contribution in [0.5, 0.6) is 5.88 Å². The third-order valence-corrected chi connectivity index (χ3v) is 1.39. The van der Waals surface area contributed by atoms with Gasteiger partial charge in [-0.25, -0.2) is 9.97 Å². The average Bonchev–Trinajstić information content (AvgIpc) is 2.02. The summed E-state index contributed by atoms with van der Waals surface area (Å²) in [5, 5.41) is 0. The molecule has 0 aromatic carbocycles. The van der Waals surface area contributed by atoms with Gasteiger partial charge in [0.25, 0.3) is 0 Å². The maximum Gasteiger partial charge on any atom is 0.422 e. The van der Waals surface area contributed by atoms with Gasteiger partial charge in [0.1, 0.15) is 4.60 Å². The first kappa shape index (κ1) is 10.2. The van der Waals surface area contributed by atoms with Gasteiger partial charge in [0.15, 0.2) is 6.61 Å². The number of halogens is 4. The molecule has 0 bridgehead atoms. The molecular formula is C6H4BrF3N2O. The zero-order valence-electron chi connectivity index (χ0n) is 6.18. The highest BCUT2D eigenvalue weighted by Gasteiger charge is 2.28. The summed E-state index contributed by atoms with van der Waals surface area (Å²) >= 11 is 2.98. The largest absolute Gasteiger partial charge is 0.467 e. The van der Waals surface area contributed by atoms with Crippen molar-refractivity contribution >= 4 is 15.9 Å². The van der Waals surface area contributed by atoms with Crippen LogP contribution in [-0.4, -0.2) is 22.8 Å². The Morgan fingerprint density at radius 3 is 2.46 bits per heavy atom. The summed E-state index contributed by atoms with van der Waals surface area (Å²) in [6, 6.07) is 0. The smallest absolute Gasteiger partial charge is 0.422 e. The van der Waals surface area contributed by atoms with Crippen LogP contribution in [0.2, 0.25) is 0 Å². The predicted molar refractivity (Wildman–Crippen MR) is 41.3 cm³/mol.